The van der Waals surface area contributed by atoms with Gasteiger partial charge >= 0.3 is 17.9 Å². The molecular weight excluding hydrogens is 376 g/mol. The lowest BCUT2D eigenvalue weighted by Gasteiger charge is -2.36. The van der Waals surface area contributed by atoms with Crippen molar-refractivity contribution in [3.8, 4) is 0 Å². The molecule has 0 amide bonds. The minimum atomic E-state index is -1.67. The minimum Gasteiger partial charge on any atom is -0.465 e. The lowest BCUT2D eigenvalue weighted by molar-refractivity contribution is -0.188. The van der Waals surface area contributed by atoms with Crippen LogP contribution in [0.15, 0.2) is 0 Å². The summed E-state index contributed by atoms with van der Waals surface area (Å²) in [6.45, 7) is 11.9. The third-order valence-electron chi connectivity index (χ3n) is 4.53. The molecule has 1 aliphatic rings. The van der Waals surface area contributed by atoms with Crippen molar-refractivity contribution in [3.63, 3.8) is 0 Å². The van der Waals surface area contributed by atoms with Crippen LogP contribution in [0.5, 0.6) is 0 Å². The second kappa shape index (κ2) is 9.72. The number of rotatable bonds is 4. The Kier molecular flexibility index (Phi) is 8.42. The maximum atomic E-state index is 13.3. The first-order valence-electron chi connectivity index (χ1n) is 10.3. The highest BCUT2D eigenvalue weighted by molar-refractivity contribution is 6.01. The molecule has 166 valence electrons. The van der Waals surface area contributed by atoms with Gasteiger partial charge in [-0.05, 0) is 67.7 Å². The fraction of sp³-hybridized carbons (Fsp3) is 0.818. The monoisotopic (exact) mass is 412 g/mol. The first-order valence-corrected chi connectivity index (χ1v) is 10.3. The van der Waals surface area contributed by atoms with Crippen LogP contribution in [-0.2, 0) is 33.4 Å². The molecule has 1 fully saturated rings. The Morgan fingerprint density at radius 3 is 1.93 bits per heavy atom. The Morgan fingerprint density at radius 1 is 0.966 bits per heavy atom. The van der Waals surface area contributed by atoms with E-state index in [9.17, 15) is 19.2 Å². The van der Waals surface area contributed by atoms with Crippen molar-refractivity contribution in [2.45, 2.75) is 98.2 Å². The SMILES string of the molecule is CC(=O)CC1CC(C(=O)OC(C)(C)C)(C(=O)OC(C)(C)C)CCCCCOC1=O. The third-order valence-corrected chi connectivity index (χ3v) is 4.53. The van der Waals surface area contributed by atoms with E-state index >= 15 is 0 Å². The Bertz CT molecular complexity index is 594. The maximum Gasteiger partial charge on any atom is 0.324 e. The quantitative estimate of drug-likeness (QED) is 0.394. The van der Waals surface area contributed by atoms with E-state index in [4.69, 9.17) is 14.2 Å². The number of ether oxygens (including phenoxy) is 3. The summed E-state index contributed by atoms with van der Waals surface area (Å²) >= 11 is 0. The first-order chi connectivity index (χ1) is 13.2. The zero-order valence-corrected chi connectivity index (χ0v) is 18.9. The van der Waals surface area contributed by atoms with Crippen molar-refractivity contribution < 1.29 is 33.4 Å². The van der Waals surface area contributed by atoms with Gasteiger partial charge in [0.05, 0.1) is 12.5 Å². The van der Waals surface area contributed by atoms with E-state index in [-0.39, 0.29) is 31.7 Å². The third kappa shape index (κ3) is 8.15. The van der Waals surface area contributed by atoms with Crippen LogP contribution >= 0.6 is 0 Å². The molecule has 1 aliphatic heterocycles. The minimum absolute atomic E-state index is 0.105. The van der Waals surface area contributed by atoms with E-state index in [1.807, 2.05) is 0 Å². The smallest absolute Gasteiger partial charge is 0.324 e. The van der Waals surface area contributed by atoms with E-state index in [2.05, 4.69) is 0 Å². The lowest BCUT2D eigenvalue weighted by atomic mass is 9.73. The summed E-state index contributed by atoms with van der Waals surface area (Å²) < 4.78 is 16.5. The summed E-state index contributed by atoms with van der Waals surface area (Å²) in [4.78, 5) is 51.0. The molecule has 0 aromatic rings. The molecule has 1 atom stereocenters. The summed E-state index contributed by atoms with van der Waals surface area (Å²) in [7, 11) is 0. The molecule has 1 unspecified atom stereocenters. The molecule has 1 saturated heterocycles. The highest BCUT2D eigenvalue weighted by Crippen LogP contribution is 2.40. The molecule has 0 aliphatic carbocycles. The standard InChI is InChI=1S/C22H36O7/c1-15(23)13-16-14-22(18(25)28-20(2,3)4,19(26)29-21(5,6)7)11-9-8-10-12-27-17(16)24/h16H,8-14H2,1-7H3. The summed E-state index contributed by atoms with van der Waals surface area (Å²) in [5, 5.41) is 0. The van der Waals surface area contributed by atoms with Gasteiger partial charge in [-0.2, -0.15) is 0 Å². The van der Waals surface area contributed by atoms with Gasteiger partial charge in [-0.25, -0.2) is 0 Å². The van der Waals surface area contributed by atoms with Crippen molar-refractivity contribution in [1.29, 1.82) is 0 Å². The molecular formula is C22H36O7. The van der Waals surface area contributed by atoms with Gasteiger partial charge in [0.15, 0.2) is 5.41 Å². The number of cyclic esters (lactones) is 1. The highest BCUT2D eigenvalue weighted by atomic mass is 16.6. The van der Waals surface area contributed by atoms with Crippen LogP contribution in [0, 0.1) is 11.3 Å². The van der Waals surface area contributed by atoms with Crippen LogP contribution in [0.3, 0.4) is 0 Å². The number of carbonyl (C=O) groups is 4. The van der Waals surface area contributed by atoms with E-state index in [1.165, 1.54) is 6.92 Å². The average Bonchev–Trinajstić information content (AvgIpc) is 2.51. The Hall–Kier alpha value is -1.92. The van der Waals surface area contributed by atoms with Crippen LogP contribution in [0.25, 0.3) is 0 Å². The molecule has 0 bridgehead atoms. The Morgan fingerprint density at radius 2 is 1.48 bits per heavy atom. The number of Topliss-reactive ketones (excluding diaryl/α,β-unsaturated/α-hetero) is 1. The Balaban J connectivity index is 3.45. The fourth-order valence-electron chi connectivity index (χ4n) is 3.31. The summed E-state index contributed by atoms with van der Waals surface area (Å²) in [6, 6.07) is 0. The maximum absolute atomic E-state index is 13.3. The van der Waals surface area contributed by atoms with E-state index in [0.717, 1.165) is 0 Å². The summed E-state index contributed by atoms with van der Waals surface area (Å²) in [5.41, 5.74) is -3.31. The van der Waals surface area contributed by atoms with Crippen LogP contribution in [0.4, 0.5) is 0 Å². The van der Waals surface area contributed by atoms with Gasteiger partial charge in [-0.3, -0.25) is 14.4 Å². The van der Waals surface area contributed by atoms with Crippen molar-refractivity contribution >= 4 is 23.7 Å². The molecule has 7 heteroatoms. The molecule has 29 heavy (non-hydrogen) atoms. The summed E-state index contributed by atoms with van der Waals surface area (Å²) in [5.74, 6) is -3.14. The normalized spacial score (nSPS) is 20.9. The van der Waals surface area contributed by atoms with E-state index in [0.29, 0.717) is 19.3 Å². The van der Waals surface area contributed by atoms with Crippen LogP contribution in [-0.4, -0.2) is 41.5 Å². The molecule has 0 saturated carbocycles. The van der Waals surface area contributed by atoms with Gasteiger partial charge in [-0.1, -0.05) is 12.8 Å². The number of esters is 3. The number of hydrogen-bond donors (Lipinski definition) is 0. The fourth-order valence-corrected chi connectivity index (χ4v) is 3.31. The topological polar surface area (TPSA) is 96.0 Å². The van der Waals surface area contributed by atoms with Crippen molar-refractivity contribution in [2.24, 2.45) is 11.3 Å². The molecule has 0 aromatic heterocycles. The van der Waals surface area contributed by atoms with Crippen molar-refractivity contribution in [1.82, 2.24) is 0 Å². The predicted molar refractivity (Wildman–Crippen MR) is 107 cm³/mol. The number of ketones is 1. The highest BCUT2D eigenvalue weighted by Gasteiger charge is 2.53. The molecule has 0 aromatic carbocycles. The second-order valence-electron chi connectivity index (χ2n) is 9.87. The van der Waals surface area contributed by atoms with Crippen molar-refractivity contribution in [2.75, 3.05) is 6.61 Å². The van der Waals surface area contributed by atoms with Crippen LogP contribution in [0.2, 0.25) is 0 Å². The number of carbonyl (C=O) groups excluding carboxylic acids is 4. The van der Waals surface area contributed by atoms with E-state index in [1.54, 1.807) is 41.5 Å². The second-order valence-corrected chi connectivity index (χ2v) is 9.87. The van der Waals surface area contributed by atoms with Gasteiger partial charge in [0.2, 0.25) is 0 Å². The largest absolute Gasteiger partial charge is 0.465 e. The van der Waals surface area contributed by atoms with E-state index < -0.39 is 40.4 Å². The average molecular weight is 413 g/mol. The van der Waals surface area contributed by atoms with Gasteiger partial charge in [0, 0.05) is 6.42 Å². The van der Waals surface area contributed by atoms with Crippen LogP contribution < -0.4 is 0 Å². The van der Waals surface area contributed by atoms with Gasteiger partial charge in [0.1, 0.15) is 17.0 Å². The van der Waals surface area contributed by atoms with Crippen LogP contribution in [0.1, 0.15) is 87.0 Å². The molecule has 0 radical (unpaired) electrons. The molecule has 0 spiro atoms. The van der Waals surface area contributed by atoms with Gasteiger partial charge in [0.25, 0.3) is 0 Å². The first kappa shape index (κ1) is 25.1. The zero-order valence-electron chi connectivity index (χ0n) is 18.9. The lowest BCUT2D eigenvalue weighted by Crippen LogP contribution is -2.49. The summed E-state index contributed by atoms with van der Waals surface area (Å²) in [6.07, 6.45) is 1.80. The van der Waals surface area contributed by atoms with Crippen molar-refractivity contribution in [3.05, 3.63) is 0 Å². The predicted octanol–water partition coefficient (Wildman–Crippen LogP) is 3.76. The zero-order chi connectivity index (χ0) is 22.5. The molecule has 1 rings (SSSR count). The number of hydrogen-bond acceptors (Lipinski definition) is 7. The molecule has 7 nitrogen and oxygen atoms in total. The van der Waals surface area contributed by atoms with Gasteiger partial charge < -0.3 is 19.0 Å². The Labute approximate surface area is 173 Å². The molecule has 1 heterocycles. The molecule has 0 N–H and O–H groups in total. The van der Waals surface area contributed by atoms with Gasteiger partial charge in [-0.15, -0.1) is 0 Å².